The van der Waals surface area contributed by atoms with E-state index in [4.69, 9.17) is 0 Å². The highest BCUT2D eigenvalue weighted by Crippen LogP contribution is 2.36. The first kappa shape index (κ1) is 9.06. The number of phenolic OH excluding ortho intramolecular Hbond substituents is 1. The number of para-hydroxylation sites is 1. The average molecular weight is 191 g/mol. The Hall–Kier alpha value is -1.51. The van der Waals surface area contributed by atoms with Crippen molar-refractivity contribution in [2.24, 2.45) is 0 Å². The molecule has 0 saturated heterocycles. The summed E-state index contributed by atoms with van der Waals surface area (Å²) in [6.45, 7) is 1.99. The Bertz CT molecular complexity index is 362. The number of fused-ring (bicyclic) bond motifs is 1. The number of hydrogen-bond acceptors (Lipinski definition) is 2. The number of anilines is 1. The van der Waals surface area contributed by atoms with Crippen LogP contribution in [0.1, 0.15) is 18.9 Å². The number of hydrogen-bond donors (Lipinski definition) is 1. The summed E-state index contributed by atoms with van der Waals surface area (Å²) >= 11 is 0. The summed E-state index contributed by atoms with van der Waals surface area (Å²) in [5, 5.41) is 9.68. The average Bonchev–Trinajstić information content (AvgIpc) is 2.19. The topological polar surface area (TPSA) is 40.5 Å². The zero-order valence-electron chi connectivity index (χ0n) is 8.10. The number of carbonyl (C=O) groups excluding carboxylic acids is 1. The number of aromatic hydroxyl groups is 1. The Labute approximate surface area is 83.0 Å². The Morgan fingerprint density at radius 1 is 1.57 bits per heavy atom. The van der Waals surface area contributed by atoms with E-state index in [2.05, 4.69) is 0 Å². The van der Waals surface area contributed by atoms with Crippen LogP contribution in [0.4, 0.5) is 5.69 Å². The molecule has 14 heavy (non-hydrogen) atoms. The summed E-state index contributed by atoms with van der Waals surface area (Å²) in [5.74, 6) is 0.196. The molecular weight excluding hydrogens is 178 g/mol. The molecule has 0 aliphatic carbocycles. The summed E-state index contributed by atoms with van der Waals surface area (Å²) in [4.78, 5) is 12.5. The van der Waals surface area contributed by atoms with Crippen molar-refractivity contribution in [3.8, 4) is 5.75 Å². The number of benzene rings is 1. The maximum atomic E-state index is 10.9. The molecule has 1 atom stereocenters. The van der Waals surface area contributed by atoms with Gasteiger partial charge in [-0.05, 0) is 31.4 Å². The van der Waals surface area contributed by atoms with Crippen molar-refractivity contribution < 1.29 is 9.90 Å². The Kier molecular flexibility index (Phi) is 2.15. The Morgan fingerprint density at radius 3 is 3.07 bits per heavy atom. The minimum atomic E-state index is 0.174. The van der Waals surface area contributed by atoms with Gasteiger partial charge >= 0.3 is 0 Å². The number of phenols is 1. The van der Waals surface area contributed by atoms with Gasteiger partial charge in [0.15, 0.2) is 0 Å². The largest absolute Gasteiger partial charge is 0.506 e. The molecule has 2 rings (SSSR count). The van der Waals surface area contributed by atoms with Gasteiger partial charge in [0.2, 0.25) is 6.41 Å². The highest BCUT2D eigenvalue weighted by Gasteiger charge is 2.24. The van der Waals surface area contributed by atoms with E-state index in [0.29, 0.717) is 5.69 Å². The lowest BCUT2D eigenvalue weighted by atomic mass is 9.97. The van der Waals surface area contributed by atoms with Gasteiger partial charge in [-0.25, -0.2) is 0 Å². The van der Waals surface area contributed by atoms with Crippen LogP contribution in [0.25, 0.3) is 0 Å². The summed E-state index contributed by atoms with van der Waals surface area (Å²) < 4.78 is 0. The van der Waals surface area contributed by atoms with Crippen molar-refractivity contribution in [1.29, 1.82) is 0 Å². The SMILES string of the molecule is CC1CCc2cccc(O)c2N1C=O. The minimum Gasteiger partial charge on any atom is -0.506 e. The third-order valence-electron chi connectivity index (χ3n) is 2.78. The summed E-state index contributed by atoms with van der Waals surface area (Å²) in [7, 11) is 0. The molecule has 74 valence electrons. The standard InChI is InChI=1S/C11H13NO2/c1-8-5-6-9-3-2-4-10(14)11(9)12(8)7-13/h2-4,7-8,14H,5-6H2,1H3. The number of amides is 1. The smallest absolute Gasteiger partial charge is 0.214 e. The number of rotatable bonds is 1. The number of nitrogens with zero attached hydrogens (tertiary/aromatic N) is 1. The fourth-order valence-corrected chi connectivity index (χ4v) is 1.96. The third kappa shape index (κ3) is 1.25. The molecule has 1 heterocycles. The monoisotopic (exact) mass is 191 g/mol. The summed E-state index contributed by atoms with van der Waals surface area (Å²) in [6, 6.07) is 5.56. The quantitative estimate of drug-likeness (QED) is 0.686. The van der Waals surface area contributed by atoms with E-state index >= 15 is 0 Å². The van der Waals surface area contributed by atoms with E-state index in [1.807, 2.05) is 19.1 Å². The Balaban J connectivity index is 2.54. The maximum absolute atomic E-state index is 10.9. The van der Waals surface area contributed by atoms with Gasteiger partial charge in [0.05, 0.1) is 5.69 Å². The zero-order chi connectivity index (χ0) is 10.1. The van der Waals surface area contributed by atoms with Gasteiger partial charge in [-0.3, -0.25) is 4.79 Å². The molecule has 0 spiro atoms. The predicted octanol–water partition coefficient (Wildman–Crippen LogP) is 1.69. The van der Waals surface area contributed by atoms with Gasteiger partial charge in [-0.15, -0.1) is 0 Å². The lowest BCUT2D eigenvalue weighted by Gasteiger charge is -2.32. The van der Waals surface area contributed by atoms with E-state index in [0.717, 1.165) is 24.8 Å². The molecular formula is C11H13NO2. The van der Waals surface area contributed by atoms with Crippen LogP contribution in [0.5, 0.6) is 5.75 Å². The molecule has 0 saturated carbocycles. The van der Waals surface area contributed by atoms with E-state index in [9.17, 15) is 9.90 Å². The lowest BCUT2D eigenvalue weighted by Crippen LogP contribution is -2.36. The van der Waals surface area contributed by atoms with E-state index in [1.165, 1.54) is 0 Å². The van der Waals surface area contributed by atoms with Crippen LogP contribution in [-0.4, -0.2) is 17.6 Å². The van der Waals surface area contributed by atoms with Crippen LogP contribution < -0.4 is 4.90 Å². The zero-order valence-corrected chi connectivity index (χ0v) is 8.10. The van der Waals surface area contributed by atoms with Crippen molar-refractivity contribution in [2.75, 3.05) is 4.90 Å². The van der Waals surface area contributed by atoms with Gasteiger partial charge in [0.25, 0.3) is 0 Å². The normalized spacial score (nSPS) is 20.4. The van der Waals surface area contributed by atoms with Gasteiger partial charge < -0.3 is 10.0 Å². The van der Waals surface area contributed by atoms with Crippen LogP contribution in [0.3, 0.4) is 0 Å². The molecule has 1 N–H and O–H groups in total. The summed E-state index contributed by atoms with van der Waals surface area (Å²) in [5.41, 5.74) is 1.73. The second kappa shape index (κ2) is 3.33. The summed E-state index contributed by atoms with van der Waals surface area (Å²) in [6.07, 6.45) is 2.67. The first-order valence-electron chi connectivity index (χ1n) is 4.78. The molecule has 0 bridgehead atoms. The fraction of sp³-hybridized carbons (Fsp3) is 0.364. The molecule has 3 heteroatoms. The number of carbonyl (C=O) groups is 1. The Morgan fingerprint density at radius 2 is 2.36 bits per heavy atom. The second-order valence-corrected chi connectivity index (χ2v) is 3.69. The molecule has 1 aliphatic rings. The van der Waals surface area contributed by atoms with Gasteiger partial charge in [-0.2, -0.15) is 0 Å². The molecule has 0 radical (unpaired) electrons. The van der Waals surface area contributed by atoms with E-state index in [1.54, 1.807) is 11.0 Å². The lowest BCUT2D eigenvalue weighted by molar-refractivity contribution is -0.107. The van der Waals surface area contributed by atoms with Crippen LogP contribution >= 0.6 is 0 Å². The molecule has 0 aromatic heterocycles. The van der Waals surface area contributed by atoms with Crippen LogP contribution in [0.15, 0.2) is 18.2 Å². The predicted molar refractivity (Wildman–Crippen MR) is 54.4 cm³/mol. The first-order chi connectivity index (χ1) is 6.74. The van der Waals surface area contributed by atoms with E-state index < -0.39 is 0 Å². The van der Waals surface area contributed by atoms with E-state index in [-0.39, 0.29) is 11.8 Å². The van der Waals surface area contributed by atoms with Crippen LogP contribution in [0, 0.1) is 0 Å². The maximum Gasteiger partial charge on any atom is 0.214 e. The highest BCUT2D eigenvalue weighted by molar-refractivity contribution is 5.82. The molecule has 3 nitrogen and oxygen atoms in total. The highest BCUT2D eigenvalue weighted by atomic mass is 16.3. The minimum absolute atomic E-state index is 0.174. The fourth-order valence-electron chi connectivity index (χ4n) is 1.96. The van der Waals surface area contributed by atoms with Crippen molar-refractivity contribution in [2.45, 2.75) is 25.8 Å². The van der Waals surface area contributed by atoms with Crippen molar-refractivity contribution >= 4 is 12.1 Å². The van der Waals surface area contributed by atoms with Crippen LogP contribution in [0.2, 0.25) is 0 Å². The van der Waals surface area contributed by atoms with Crippen molar-refractivity contribution in [1.82, 2.24) is 0 Å². The first-order valence-corrected chi connectivity index (χ1v) is 4.78. The van der Waals surface area contributed by atoms with Gasteiger partial charge in [0.1, 0.15) is 5.75 Å². The molecule has 1 unspecified atom stereocenters. The number of aryl methyl sites for hydroxylation is 1. The van der Waals surface area contributed by atoms with Gasteiger partial charge in [-0.1, -0.05) is 12.1 Å². The van der Waals surface area contributed by atoms with Crippen molar-refractivity contribution in [3.05, 3.63) is 23.8 Å². The van der Waals surface area contributed by atoms with Gasteiger partial charge in [0, 0.05) is 6.04 Å². The molecule has 1 aromatic rings. The van der Waals surface area contributed by atoms with Crippen molar-refractivity contribution in [3.63, 3.8) is 0 Å². The molecule has 1 aromatic carbocycles. The third-order valence-corrected chi connectivity index (χ3v) is 2.78. The molecule has 0 fully saturated rings. The molecule has 1 amide bonds. The molecule has 1 aliphatic heterocycles. The second-order valence-electron chi connectivity index (χ2n) is 3.69. The van der Waals surface area contributed by atoms with Crippen LogP contribution in [-0.2, 0) is 11.2 Å².